The average molecular weight is 547 g/mol. The highest BCUT2D eigenvalue weighted by molar-refractivity contribution is 6.56. The lowest BCUT2D eigenvalue weighted by molar-refractivity contribution is 0.00578. The van der Waals surface area contributed by atoms with E-state index in [0.717, 1.165) is 21.8 Å². The number of alkyl carbamates (subject to hydrolysis) is 1. The molecular weight excluding hydrogens is 513 g/mol. The van der Waals surface area contributed by atoms with Crippen LogP contribution in [0.15, 0.2) is 84.5 Å². The van der Waals surface area contributed by atoms with E-state index in [1.54, 1.807) is 6.20 Å². The molecule has 4 aromatic rings. The van der Waals surface area contributed by atoms with Gasteiger partial charge in [-0.25, -0.2) is 9.78 Å². The number of ether oxygens (including phenoxy) is 1. The van der Waals surface area contributed by atoms with Crippen LogP contribution in [0.2, 0.25) is 0 Å². The van der Waals surface area contributed by atoms with Gasteiger partial charge in [0, 0.05) is 29.6 Å². The number of nitrogen functional groups attached to an aromatic ring is 1. The normalized spacial score (nSPS) is 17.4. The molecule has 3 aromatic carbocycles. The van der Waals surface area contributed by atoms with E-state index in [9.17, 15) is 4.79 Å². The molecule has 3 N–H and O–H groups in total. The van der Waals surface area contributed by atoms with Crippen LogP contribution in [0.1, 0.15) is 50.3 Å². The van der Waals surface area contributed by atoms with Crippen molar-refractivity contribution in [3.05, 3.63) is 101 Å². The van der Waals surface area contributed by atoms with Gasteiger partial charge >= 0.3 is 13.2 Å². The lowest BCUT2D eigenvalue weighted by Crippen LogP contribution is -2.41. The van der Waals surface area contributed by atoms with Crippen molar-refractivity contribution in [1.82, 2.24) is 10.3 Å². The van der Waals surface area contributed by atoms with Gasteiger partial charge in [0.05, 0.1) is 11.2 Å². The SMILES string of the molecule is CC1(C)OB(C(=Cc2cnc(N)c3ccccc23)CNC(=O)OCC2c3ccccc3-c3ccccc32)OC1(C)C. The molecule has 8 heteroatoms. The van der Waals surface area contributed by atoms with Crippen LogP contribution in [0, 0.1) is 0 Å². The van der Waals surface area contributed by atoms with Crippen molar-refractivity contribution >= 4 is 35.9 Å². The first-order valence-electron chi connectivity index (χ1n) is 13.9. The lowest BCUT2D eigenvalue weighted by atomic mass is 9.76. The molecule has 208 valence electrons. The van der Waals surface area contributed by atoms with Gasteiger partial charge in [0.1, 0.15) is 12.4 Å². The maximum Gasteiger partial charge on any atom is 0.492 e. The molecular formula is C33H34BN3O4. The number of amides is 1. The third kappa shape index (κ3) is 4.98. The smallest absolute Gasteiger partial charge is 0.449 e. The second-order valence-electron chi connectivity index (χ2n) is 11.6. The van der Waals surface area contributed by atoms with Gasteiger partial charge in [-0.2, -0.15) is 0 Å². The fourth-order valence-electron chi connectivity index (χ4n) is 5.57. The number of rotatable bonds is 6. The second kappa shape index (κ2) is 10.4. The summed E-state index contributed by atoms with van der Waals surface area (Å²) in [5.41, 5.74) is 11.4. The summed E-state index contributed by atoms with van der Waals surface area (Å²) >= 11 is 0. The van der Waals surface area contributed by atoms with Gasteiger partial charge < -0.3 is 25.1 Å². The number of aromatic nitrogens is 1. The van der Waals surface area contributed by atoms with E-state index in [0.29, 0.717) is 5.82 Å². The highest BCUT2D eigenvalue weighted by Gasteiger charge is 2.52. The molecule has 0 unspecified atom stereocenters. The molecule has 1 aliphatic carbocycles. The predicted molar refractivity (Wildman–Crippen MR) is 163 cm³/mol. The molecule has 2 heterocycles. The van der Waals surface area contributed by atoms with Crippen LogP contribution in [-0.2, 0) is 14.0 Å². The van der Waals surface area contributed by atoms with Crippen LogP contribution in [0.3, 0.4) is 0 Å². The molecule has 0 radical (unpaired) electrons. The van der Waals surface area contributed by atoms with Crippen molar-refractivity contribution in [2.75, 3.05) is 18.9 Å². The van der Waals surface area contributed by atoms with Gasteiger partial charge in [0.15, 0.2) is 0 Å². The zero-order valence-electron chi connectivity index (χ0n) is 23.8. The highest BCUT2D eigenvalue weighted by Crippen LogP contribution is 2.44. The number of hydrogen-bond acceptors (Lipinski definition) is 6. The Morgan fingerprint density at radius 2 is 1.49 bits per heavy atom. The molecule has 1 fully saturated rings. The van der Waals surface area contributed by atoms with Gasteiger partial charge in [0.2, 0.25) is 0 Å². The number of carbonyl (C=O) groups excluding carboxylic acids is 1. The Hall–Kier alpha value is -4.14. The predicted octanol–water partition coefficient (Wildman–Crippen LogP) is 6.37. The Kier molecular flexibility index (Phi) is 6.84. The van der Waals surface area contributed by atoms with Gasteiger partial charge in [-0.15, -0.1) is 0 Å². The van der Waals surface area contributed by atoms with Crippen LogP contribution < -0.4 is 11.1 Å². The molecule has 0 spiro atoms. The van der Waals surface area contributed by atoms with Gasteiger partial charge in [0.25, 0.3) is 0 Å². The summed E-state index contributed by atoms with van der Waals surface area (Å²) in [4.78, 5) is 17.4. The average Bonchev–Trinajstić information content (AvgIpc) is 3.40. The van der Waals surface area contributed by atoms with Gasteiger partial charge in [-0.3, -0.25) is 0 Å². The van der Waals surface area contributed by atoms with E-state index in [1.165, 1.54) is 22.3 Å². The number of hydrogen-bond donors (Lipinski definition) is 2. The zero-order chi connectivity index (χ0) is 28.8. The van der Waals surface area contributed by atoms with E-state index in [1.807, 2.05) is 82.3 Å². The maximum atomic E-state index is 13.0. The Balaban J connectivity index is 1.22. The molecule has 41 heavy (non-hydrogen) atoms. The lowest BCUT2D eigenvalue weighted by Gasteiger charge is -2.32. The largest absolute Gasteiger partial charge is 0.492 e. The van der Waals surface area contributed by atoms with E-state index in [4.69, 9.17) is 19.8 Å². The van der Waals surface area contributed by atoms with E-state index >= 15 is 0 Å². The van der Waals surface area contributed by atoms with Gasteiger partial charge in [-0.1, -0.05) is 78.9 Å². The standard InChI is InChI=1S/C33H34BN3O4/c1-32(2)33(3,4)41-34(40-32)22(17-21-18-36-30(35)28-16-10-5-11-23(21)28)19-37-31(38)39-20-29-26-14-8-6-12-24(26)25-13-7-9-15-27(25)29/h5-18,29H,19-20H2,1-4H3,(H2,35,36)(H,37,38). The Morgan fingerprint density at radius 3 is 2.12 bits per heavy atom. The molecule has 0 atom stereocenters. The summed E-state index contributed by atoms with van der Waals surface area (Å²) in [6.45, 7) is 8.43. The molecule has 1 aromatic heterocycles. The number of benzene rings is 3. The van der Waals surface area contributed by atoms with Crippen molar-refractivity contribution in [3.8, 4) is 11.1 Å². The Labute approximate surface area is 240 Å². The van der Waals surface area contributed by atoms with Crippen LogP contribution in [0.25, 0.3) is 28.0 Å². The van der Waals surface area contributed by atoms with Crippen molar-refractivity contribution in [2.45, 2.75) is 44.8 Å². The molecule has 1 saturated heterocycles. The summed E-state index contributed by atoms with van der Waals surface area (Å²) in [6.07, 6.45) is 3.19. The van der Waals surface area contributed by atoms with E-state index < -0.39 is 24.4 Å². The number of pyridine rings is 1. The summed E-state index contributed by atoms with van der Waals surface area (Å²) in [5, 5.41) is 4.75. The quantitative estimate of drug-likeness (QED) is 0.273. The van der Waals surface area contributed by atoms with E-state index in [2.05, 4.69) is 34.6 Å². The van der Waals surface area contributed by atoms with Crippen LogP contribution in [0.5, 0.6) is 0 Å². The Bertz CT molecular complexity index is 1600. The first-order valence-corrected chi connectivity index (χ1v) is 13.9. The summed E-state index contributed by atoms with van der Waals surface area (Å²) in [6, 6.07) is 24.4. The molecule has 1 aliphatic heterocycles. The van der Waals surface area contributed by atoms with Crippen molar-refractivity contribution in [1.29, 1.82) is 0 Å². The molecule has 1 amide bonds. The van der Waals surface area contributed by atoms with Gasteiger partial charge in [-0.05, 0) is 60.8 Å². The first kappa shape index (κ1) is 27.1. The fourth-order valence-corrected chi connectivity index (χ4v) is 5.57. The van der Waals surface area contributed by atoms with Crippen molar-refractivity contribution in [3.63, 3.8) is 0 Å². The number of anilines is 1. The number of carbonyl (C=O) groups is 1. The minimum atomic E-state index is -0.662. The fraction of sp³-hybridized carbons (Fsp3) is 0.273. The first-order chi connectivity index (χ1) is 19.6. The minimum Gasteiger partial charge on any atom is -0.449 e. The molecule has 6 rings (SSSR count). The highest BCUT2D eigenvalue weighted by atomic mass is 16.7. The molecule has 7 nitrogen and oxygen atoms in total. The molecule has 2 aliphatic rings. The topological polar surface area (TPSA) is 95.7 Å². The zero-order valence-corrected chi connectivity index (χ0v) is 23.8. The van der Waals surface area contributed by atoms with Crippen LogP contribution in [-0.4, -0.2) is 42.5 Å². The molecule has 0 saturated carbocycles. The van der Waals surface area contributed by atoms with E-state index in [-0.39, 0.29) is 19.1 Å². The monoisotopic (exact) mass is 547 g/mol. The third-order valence-corrected chi connectivity index (χ3v) is 8.53. The second-order valence-corrected chi connectivity index (χ2v) is 11.6. The number of nitrogens with zero attached hydrogens (tertiary/aromatic N) is 1. The van der Waals surface area contributed by atoms with Crippen molar-refractivity contribution < 1.29 is 18.8 Å². The van der Waals surface area contributed by atoms with Crippen LogP contribution in [0.4, 0.5) is 10.6 Å². The van der Waals surface area contributed by atoms with Crippen LogP contribution >= 0.6 is 0 Å². The third-order valence-electron chi connectivity index (χ3n) is 8.53. The summed E-state index contributed by atoms with van der Waals surface area (Å²) in [7, 11) is -0.662. The van der Waals surface area contributed by atoms with Crippen molar-refractivity contribution in [2.24, 2.45) is 0 Å². The summed E-state index contributed by atoms with van der Waals surface area (Å²) in [5.74, 6) is 0.449. The minimum absolute atomic E-state index is 0.0153. The Morgan fingerprint density at radius 1 is 0.927 bits per heavy atom. The maximum absolute atomic E-state index is 13.0. The number of fused-ring (bicyclic) bond motifs is 4. The summed E-state index contributed by atoms with van der Waals surface area (Å²) < 4.78 is 18.5. The number of nitrogens with one attached hydrogen (secondary N) is 1. The number of nitrogens with two attached hydrogens (primary N) is 1. The molecule has 0 bridgehead atoms.